The van der Waals surface area contributed by atoms with Gasteiger partial charge in [-0.05, 0) is 19.3 Å². The fourth-order valence-corrected chi connectivity index (χ4v) is 2.75. The van der Waals surface area contributed by atoms with Crippen LogP contribution in [0, 0.1) is 10.1 Å². The molecule has 2 bridgehead atoms. The van der Waals surface area contributed by atoms with E-state index in [9.17, 15) is 10.1 Å². The van der Waals surface area contributed by atoms with E-state index in [0.717, 1.165) is 19.3 Å². The van der Waals surface area contributed by atoms with E-state index in [1.807, 2.05) is 0 Å². The van der Waals surface area contributed by atoms with Gasteiger partial charge in [-0.3, -0.25) is 10.1 Å². The third kappa shape index (κ3) is 2.32. The summed E-state index contributed by atoms with van der Waals surface area (Å²) in [6.07, 6.45) is 3.54. The van der Waals surface area contributed by atoms with Crippen LogP contribution in [0.3, 0.4) is 0 Å². The molecular weight excluding hydrogens is 250 g/mol. The minimum Gasteiger partial charge on any atom is -0.373 e. The molecule has 0 radical (unpaired) electrons. The molecule has 8 heteroatoms. The number of nitrogens with one attached hydrogen (secondary N) is 2. The Balaban J connectivity index is 1.80. The Labute approximate surface area is 109 Å². The zero-order valence-corrected chi connectivity index (χ0v) is 10.2. The minimum absolute atomic E-state index is 0.0467. The van der Waals surface area contributed by atoms with Crippen LogP contribution in [0.15, 0.2) is 12.1 Å². The zero-order chi connectivity index (χ0) is 13.4. The van der Waals surface area contributed by atoms with Gasteiger partial charge in [0.25, 0.3) is 5.69 Å². The summed E-state index contributed by atoms with van der Waals surface area (Å²) in [6, 6.07) is 2.87. The van der Waals surface area contributed by atoms with Crippen LogP contribution < -0.4 is 16.6 Å². The molecule has 19 heavy (non-hydrogen) atoms. The van der Waals surface area contributed by atoms with Gasteiger partial charge in [-0.1, -0.05) is 0 Å². The predicted octanol–water partition coefficient (Wildman–Crippen LogP) is 1.01. The molecule has 3 heterocycles. The number of nitro groups is 1. The second-order valence-corrected chi connectivity index (χ2v) is 4.86. The first kappa shape index (κ1) is 12.1. The first-order valence-electron chi connectivity index (χ1n) is 6.21. The highest BCUT2D eigenvalue weighted by Crippen LogP contribution is 2.36. The highest BCUT2D eigenvalue weighted by atomic mass is 16.6. The highest BCUT2D eigenvalue weighted by Gasteiger charge is 2.40. The molecule has 0 aliphatic carbocycles. The number of anilines is 2. The molecule has 3 atom stereocenters. The van der Waals surface area contributed by atoms with E-state index in [1.165, 1.54) is 12.1 Å². The summed E-state index contributed by atoms with van der Waals surface area (Å²) >= 11 is 0. The largest absolute Gasteiger partial charge is 0.373 e. The van der Waals surface area contributed by atoms with Gasteiger partial charge in [-0.2, -0.15) is 0 Å². The number of rotatable bonds is 4. The van der Waals surface area contributed by atoms with E-state index in [2.05, 4.69) is 15.7 Å². The second-order valence-electron chi connectivity index (χ2n) is 4.86. The molecule has 1 aromatic heterocycles. The smallest absolute Gasteiger partial charge is 0.276 e. The molecule has 1 aromatic rings. The average molecular weight is 265 g/mol. The monoisotopic (exact) mass is 265 g/mol. The van der Waals surface area contributed by atoms with Crippen molar-refractivity contribution in [3.05, 3.63) is 22.2 Å². The Morgan fingerprint density at radius 1 is 1.42 bits per heavy atom. The molecule has 3 unspecified atom stereocenters. The molecule has 0 aromatic carbocycles. The summed E-state index contributed by atoms with van der Waals surface area (Å²) in [4.78, 5) is 14.5. The van der Waals surface area contributed by atoms with Crippen molar-refractivity contribution >= 4 is 17.3 Å². The number of ether oxygens (including phenoxy) is 1. The fraction of sp³-hybridized carbons (Fsp3) is 0.545. The van der Waals surface area contributed by atoms with Gasteiger partial charge in [0.2, 0.25) is 0 Å². The van der Waals surface area contributed by atoms with Crippen LogP contribution in [0.25, 0.3) is 0 Å². The molecule has 0 amide bonds. The standard InChI is InChI=1S/C11H15N5O3/c12-15-11-4-6(16(17)18)3-10(14-11)13-8-5-7-1-2-9(8)19-7/h3-4,7-9H,1-2,5,12H2,(H2,13,14,15). The van der Waals surface area contributed by atoms with E-state index in [1.54, 1.807) is 0 Å². The molecule has 0 spiro atoms. The molecule has 2 fully saturated rings. The van der Waals surface area contributed by atoms with Crippen LogP contribution in [0.5, 0.6) is 0 Å². The number of fused-ring (bicyclic) bond motifs is 2. The van der Waals surface area contributed by atoms with Gasteiger partial charge in [0.15, 0.2) is 0 Å². The number of hydrazine groups is 1. The van der Waals surface area contributed by atoms with Crippen molar-refractivity contribution in [2.75, 3.05) is 10.7 Å². The first-order valence-corrected chi connectivity index (χ1v) is 6.21. The Morgan fingerprint density at radius 2 is 2.21 bits per heavy atom. The van der Waals surface area contributed by atoms with Crippen LogP contribution in [0.4, 0.5) is 17.3 Å². The summed E-state index contributed by atoms with van der Waals surface area (Å²) in [5.74, 6) is 5.98. The number of hydrogen-bond acceptors (Lipinski definition) is 7. The van der Waals surface area contributed by atoms with Crippen LogP contribution in [0.1, 0.15) is 19.3 Å². The lowest BCUT2D eigenvalue weighted by Crippen LogP contribution is -2.31. The molecule has 102 valence electrons. The first-order chi connectivity index (χ1) is 9.15. The van der Waals surface area contributed by atoms with Crippen molar-refractivity contribution < 1.29 is 9.66 Å². The molecule has 4 N–H and O–H groups in total. The zero-order valence-electron chi connectivity index (χ0n) is 10.2. The predicted molar refractivity (Wildman–Crippen MR) is 68.6 cm³/mol. The topological polar surface area (TPSA) is 115 Å². The van der Waals surface area contributed by atoms with Gasteiger partial charge in [0, 0.05) is 0 Å². The van der Waals surface area contributed by atoms with Crippen LogP contribution in [-0.2, 0) is 4.74 Å². The number of hydrogen-bond donors (Lipinski definition) is 3. The second kappa shape index (κ2) is 4.63. The number of nitrogens with two attached hydrogens (primary N) is 1. The van der Waals surface area contributed by atoms with E-state index < -0.39 is 4.92 Å². The lowest BCUT2D eigenvalue weighted by atomic mass is 9.95. The number of nitrogen functional groups attached to an aromatic ring is 1. The number of nitrogens with zero attached hydrogens (tertiary/aromatic N) is 2. The van der Waals surface area contributed by atoms with Crippen LogP contribution in [0.2, 0.25) is 0 Å². The SMILES string of the molecule is NNc1cc([N+](=O)[O-])cc(NC2CC3CCC2O3)n1. The Morgan fingerprint density at radius 3 is 2.79 bits per heavy atom. The third-order valence-electron chi connectivity index (χ3n) is 3.61. The summed E-state index contributed by atoms with van der Waals surface area (Å²) in [5.41, 5.74) is 2.29. The normalized spacial score (nSPS) is 28.4. The van der Waals surface area contributed by atoms with Gasteiger partial charge >= 0.3 is 0 Å². The maximum Gasteiger partial charge on any atom is 0.276 e. The van der Waals surface area contributed by atoms with Crippen molar-refractivity contribution in [3.8, 4) is 0 Å². The van der Waals surface area contributed by atoms with E-state index >= 15 is 0 Å². The van der Waals surface area contributed by atoms with Gasteiger partial charge in [0.05, 0.1) is 35.3 Å². The van der Waals surface area contributed by atoms with Gasteiger partial charge in [0.1, 0.15) is 11.6 Å². The summed E-state index contributed by atoms with van der Waals surface area (Å²) < 4.78 is 5.73. The Hall–Kier alpha value is -1.93. The van der Waals surface area contributed by atoms with Crippen molar-refractivity contribution in [1.29, 1.82) is 0 Å². The van der Waals surface area contributed by atoms with Crippen molar-refractivity contribution in [1.82, 2.24) is 4.98 Å². The maximum atomic E-state index is 10.8. The highest BCUT2D eigenvalue weighted by molar-refractivity contribution is 5.54. The van der Waals surface area contributed by atoms with Crippen LogP contribution in [-0.4, -0.2) is 28.2 Å². The van der Waals surface area contributed by atoms with E-state index in [4.69, 9.17) is 10.6 Å². The third-order valence-corrected chi connectivity index (χ3v) is 3.61. The minimum atomic E-state index is -0.467. The lowest BCUT2D eigenvalue weighted by molar-refractivity contribution is -0.384. The molecule has 8 nitrogen and oxygen atoms in total. The van der Waals surface area contributed by atoms with Crippen LogP contribution >= 0.6 is 0 Å². The average Bonchev–Trinajstić information content (AvgIpc) is 3.00. The molecular formula is C11H15N5O3. The quantitative estimate of drug-likeness (QED) is 0.422. The van der Waals surface area contributed by atoms with E-state index in [-0.39, 0.29) is 23.7 Å². The molecule has 2 aliphatic rings. The molecule has 2 saturated heterocycles. The number of aromatic nitrogens is 1. The summed E-state index contributed by atoms with van der Waals surface area (Å²) in [5, 5.41) is 14.0. The lowest BCUT2D eigenvalue weighted by Gasteiger charge is -2.20. The number of pyridine rings is 1. The van der Waals surface area contributed by atoms with Crippen molar-refractivity contribution in [2.45, 2.75) is 37.5 Å². The maximum absolute atomic E-state index is 10.8. The van der Waals surface area contributed by atoms with E-state index in [0.29, 0.717) is 11.9 Å². The molecule has 2 aliphatic heterocycles. The van der Waals surface area contributed by atoms with Crippen molar-refractivity contribution in [2.24, 2.45) is 5.84 Å². The summed E-state index contributed by atoms with van der Waals surface area (Å²) in [7, 11) is 0. The summed E-state index contributed by atoms with van der Waals surface area (Å²) in [6.45, 7) is 0. The van der Waals surface area contributed by atoms with Gasteiger partial charge in [-0.15, -0.1) is 0 Å². The Bertz CT molecular complexity index is 509. The fourth-order valence-electron chi connectivity index (χ4n) is 2.75. The van der Waals surface area contributed by atoms with Crippen molar-refractivity contribution in [3.63, 3.8) is 0 Å². The Kier molecular flexibility index (Phi) is 2.96. The molecule has 3 rings (SSSR count). The van der Waals surface area contributed by atoms with Gasteiger partial charge in [-0.25, -0.2) is 10.8 Å². The van der Waals surface area contributed by atoms with Gasteiger partial charge < -0.3 is 15.5 Å². The molecule has 0 saturated carbocycles.